The van der Waals surface area contributed by atoms with Crippen molar-refractivity contribution in [1.82, 2.24) is 0 Å². The maximum atomic E-state index is 6.44. The van der Waals surface area contributed by atoms with Crippen LogP contribution in [0.1, 0.15) is 44.7 Å². The average molecular weight is 338 g/mol. The molecule has 1 heterocycles. The first-order valence-corrected chi connectivity index (χ1v) is 9.39. The van der Waals surface area contributed by atoms with Crippen molar-refractivity contribution < 1.29 is 9.47 Å². The molecular weight excluding hydrogens is 308 g/mol. The van der Waals surface area contributed by atoms with Gasteiger partial charge in [0.15, 0.2) is 0 Å². The predicted molar refractivity (Wildman–Crippen MR) is 104 cm³/mol. The highest BCUT2D eigenvalue weighted by atomic mass is 16.5. The lowest BCUT2D eigenvalue weighted by Gasteiger charge is -2.43. The van der Waals surface area contributed by atoms with Gasteiger partial charge in [-0.15, -0.1) is 0 Å². The molecule has 0 saturated carbocycles. The molecule has 2 heteroatoms. The van der Waals surface area contributed by atoms with E-state index in [0.717, 1.165) is 32.7 Å². The molecule has 1 fully saturated rings. The van der Waals surface area contributed by atoms with Gasteiger partial charge in [0.25, 0.3) is 0 Å². The molecule has 3 rings (SSSR count). The number of hydrogen-bond acceptors (Lipinski definition) is 2. The van der Waals surface area contributed by atoms with Crippen LogP contribution in [0.2, 0.25) is 0 Å². The summed E-state index contributed by atoms with van der Waals surface area (Å²) in [6, 6.07) is 17.5. The monoisotopic (exact) mass is 338 g/mol. The van der Waals surface area contributed by atoms with E-state index >= 15 is 0 Å². The van der Waals surface area contributed by atoms with Crippen LogP contribution in [-0.4, -0.2) is 19.8 Å². The van der Waals surface area contributed by atoms with Crippen LogP contribution < -0.4 is 0 Å². The van der Waals surface area contributed by atoms with Gasteiger partial charge in [0.2, 0.25) is 0 Å². The van der Waals surface area contributed by atoms with Crippen molar-refractivity contribution in [3.8, 4) is 11.1 Å². The van der Waals surface area contributed by atoms with E-state index in [4.69, 9.17) is 9.47 Å². The quantitative estimate of drug-likeness (QED) is 0.642. The molecule has 0 amide bonds. The topological polar surface area (TPSA) is 18.5 Å². The summed E-state index contributed by atoms with van der Waals surface area (Å²) in [5, 5.41) is 0. The third-order valence-corrected chi connectivity index (χ3v) is 5.82. The van der Waals surface area contributed by atoms with Crippen molar-refractivity contribution in [2.24, 2.45) is 5.41 Å². The molecule has 0 radical (unpaired) electrons. The Labute approximate surface area is 152 Å². The minimum absolute atomic E-state index is 0.221. The molecule has 1 unspecified atom stereocenters. The zero-order valence-electron chi connectivity index (χ0n) is 16.0. The van der Waals surface area contributed by atoms with E-state index in [0.29, 0.717) is 0 Å². The number of benzene rings is 2. The standard InChI is InChI=1S/C23H30O2/c1-5-22(4,25-17-23(6-2)15-24-16-23)21-13-11-20(12-14-21)19-9-7-18(3)8-10-19/h7-14H,5-6,15-17H2,1-4H3. The van der Waals surface area contributed by atoms with E-state index in [2.05, 4.69) is 76.2 Å². The van der Waals surface area contributed by atoms with Gasteiger partial charge in [-0.05, 0) is 43.4 Å². The Morgan fingerprint density at radius 2 is 1.52 bits per heavy atom. The largest absolute Gasteiger partial charge is 0.380 e. The first kappa shape index (κ1) is 18.2. The molecule has 0 N–H and O–H groups in total. The maximum absolute atomic E-state index is 6.44. The average Bonchev–Trinajstić information content (AvgIpc) is 2.62. The van der Waals surface area contributed by atoms with Gasteiger partial charge >= 0.3 is 0 Å². The van der Waals surface area contributed by atoms with Crippen LogP contribution >= 0.6 is 0 Å². The minimum Gasteiger partial charge on any atom is -0.380 e. The molecule has 25 heavy (non-hydrogen) atoms. The van der Waals surface area contributed by atoms with Gasteiger partial charge in [0, 0.05) is 5.41 Å². The fraction of sp³-hybridized carbons (Fsp3) is 0.478. The van der Waals surface area contributed by atoms with Gasteiger partial charge in [-0.3, -0.25) is 0 Å². The van der Waals surface area contributed by atoms with Crippen LogP contribution in [0.4, 0.5) is 0 Å². The maximum Gasteiger partial charge on any atom is 0.0901 e. The SMILES string of the molecule is CCC1(COC(C)(CC)c2ccc(-c3ccc(C)cc3)cc2)COC1. The Kier molecular flexibility index (Phi) is 5.31. The predicted octanol–water partition coefficient (Wildman–Crippen LogP) is 5.73. The van der Waals surface area contributed by atoms with Crippen molar-refractivity contribution >= 4 is 0 Å². The van der Waals surface area contributed by atoms with Crippen molar-refractivity contribution in [2.75, 3.05) is 19.8 Å². The molecule has 2 aromatic rings. The van der Waals surface area contributed by atoms with E-state index in [-0.39, 0.29) is 11.0 Å². The van der Waals surface area contributed by atoms with Gasteiger partial charge in [0.1, 0.15) is 0 Å². The second-order valence-electron chi connectivity index (χ2n) is 7.66. The number of hydrogen-bond donors (Lipinski definition) is 0. The number of ether oxygens (including phenoxy) is 2. The van der Waals surface area contributed by atoms with Gasteiger partial charge in [-0.1, -0.05) is 67.9 Å². The molecule has 1 saturated heterocycles. The zero-order chi connectivity index (χ0) is 17.9. The second-order valence-corrected chi connectivity index (χ2v) is 7.66. The van der Waals surface area contributed by atoms with Gasteiger partial charge in [0.05, 0.1) is 25.4 Å². The first-order valence-electron chi connectivity index (χ1n) is 9.39. The van der Waals surface area contributed by atoms with E-state index in [1.165, 1.54) is 22.3 Å². The Morgan fingerprint density at radius 3 is 1.96 bits per heavy atom. The Hall–Kier alpha value is -1.64. The van der Waals surface area contributed by atoms with Crippen molar-refractivity contribution in [3.63, 3.8) is 0 Å². The van der Waals surface area contributed by atoms with Crippen molar-refractivity contribution in [2.45, 2.75) is 46.1 Å². The first-order chi connectivity index (χ1) is 12.0. The summed E-state index contributed by atoms with van der Waals surface area (Å²) >= 11 is 0. The summed E-state index contributed by atoms with van der Waals surface area (Å²) in [5.41, 5.74) is 5.02. The van der Waals surface area contributed by atoms with Gasteiger partial charge in [-0.2, -0.15) is 0 Å². The fourth-order valence-electron chi connectivity index (χ4n) is 3.24. The smallest absolute Gasteiger partial charge is 0.0901 e. The third kappa shape index (κ3) is 3.80. The lowest BCUT2D eigenvalue weighted by atomic mass is 9.83. The molecule has 0 aromatic heterocycles. The highest BCUT2D eigenvalue weighted by Crippen LogP contribution is 2.37. The van der Waals surface area contributed by atoms with Crippen LogP contribution in [0.15, 0.2) is 48.5 Å². The van der Waals surface area contributed by atoms with E-state index < -0.39 is 0 Å². The molecule has 2 nitrogen and oxygen atoms in total. The second kappa shape index (κ2) is 7.31. The van der Waals surface area contributed by atoms with E-state index in [1.54, 1.807) is 0 Å². The Morgan fingerprint density at radius 1 is 0.960 bits per heavy atom. The van der Waals surface area contributed by atoms with Crippen LogP contribution in [0.25, 0.3) is 11.1 Å². The molecule has 1 atom stereocenters. The lowest BCUT2D eigenvalue weighted by molar-refractivity contribution is -0.180. The fourth-order valence-corrected chi connectivity index (χ4v) is 3.24. The highest BCUT2D eigenvalue weighted by Gasteiger charge is 2.39. The van der Waals surface area contributed by atoms with Gasteiger partial charge < -0.3 is 9.47 Å². The lowest BCUT2D eigenvalue weighted by Crippen LogP contribution is -2.47. The molecular formula is C23H30O2. The minimum atomic E-state index is -0.246. The molecule has 0 aliphatic carbocycles. The summed E-state index contributed by atoms with van der Waals surface area (Å²) < 4.78 is 11.9. The Balaban J connectivity index is 1.75. The summed E-state index contributed by atoms with van der Waals surface area (Å²) in [4.78, 5) is 0. The van der Waals surface area contributed by atoms with E-state index in [9.17, 15) is 0 Å². The highest BCUT2D eigenvalue weighted by molar-refractivity contribution is 5.64. The zero-order valence-corrected chi connectivity index (χ0v) is 16.0. The summed E-state index contributed by atoms with van der Waals surface area (Å²) in [6.45, 7) is 11.2. The summed E-state index contributed by atoms with van der Waals surface area (Å²) in [7, 11) is 0. The normalized spacial score (nSPS) is 18.4. The molecule has 1 aliphatic heterocycles. The molecule has 1 aliphatic rings. The van der Waals surface area contributed by atoms with Crippen LogP contribution in [0.5, 0.6) is 0 Å². The third-order valence-electron chi connectivity index (χ3n) is 5.82. The summed E-state index contributed by atoms with van der Waals surface area (Å²) in [5.74, 6) is 0. The number of aryl methyl sites for hydroxylation is 1. The molecule has 0 bridgehead atoms. The van der Waals surface area contributed by atoms with Crippen molar-refractivity contribution in [3.05, 3.63) is 59.7 Å². The molecule has 2 aromatic carbocycles. The van der Waals surface area contributed by atoms with Crippen LogP contribution in [0, 0.1) is 12.3 Å². The van der Waals surface area contributed by atoms with Crippen molar-refractivity contribution in [1.29, 1.82) is 0 Å². The Bertz CT molecular complexity index is 678. The van der Waals surface area contributed by atoms with Crippen LogP contribution in [0.3, 0.4) is 0 Å². The number of rotatable bonds is 7. The summed E-state index contributed by atoms with van der Waals surface area (Å²) in [6.07, 6.45) is 2.07. The van der Waals surface area contributed by atoms with Gasteiger partial charge in [-0.25, -0.2) is 0 Å². The molecule has 134 valence electrons. The van der Waals surface area contributed by atoms with E-state index in [1.807, 2.05) is 0 Å². The van der Waals surface area contributed by atoms with Crippen LogP contribution in [-0.2, 0) is 15.1 Å². The molecule has 0 spiro atoms.